The molecule has 17 heavy (non-hydrogen) atoms. The highest BCUT2D eigenvalue weighted by molar-refractivity contribution is 7.91. The minimum atomic E-state index is -2.81. The first-order chi connectivity index (χ1) is 7.95. The van der Waals surface area contributed by atoms with Crippen LogP contribution in [0.5, 0.6) is 0 Å². The Morgan fingerprint density at radius 3 is 2.41 bits per heavy atom. The first-order valence-corrected chi connectivity index (χ1v) is 7.66. The standard InChI is InChI=1S/C10H19N3O3S/c11-9(12-14)7-10(1-2-10)8-13-3-5-17(15,16)6-4-13/h14H,1-8H2,(H2,11,12). The number of hydrogen-bond donors (Lipinski definition) is 2. The molecule has 0 amide bonds. The summed E-state index contributed by atoms with van der Waals surface area (Å²) in [5, 5.41) is 11.6. The Morgan fingerprint density at radius 2 is 1.94 bits per heavy atom. The third-order valence-corrected chi connectivity index (χ3v) is 5.25. The number of rotatable bonds is 4. The van der Waals surface area contributed by atoms with Crippen LogP contribution in [0.15, 0.2) is 5.16 Å². The van der Waals surface area contributed by atoms with Gasteiger partial charge in [-0.05, 0) is 18.3 Å². The lowest BCUT2D eigenvalue weighted by molar-refractivity contribution is 0.236. The molecule has 0 atom stereocenters. The molecular formula is C10H19N3O3S. The molecule has 2 fully saturated rings. The van der Waals surface area contributed by atoms with Crippen LogP contribution in [0.1, 0.15) is 19.3 Å². The van der Waals surface area contributed by atoms with Gasteiger partial charge in [-0.15, -0.1) is 0 Å². The second kappa shape index (κ2) is 4.45. The van der Waals surface area contributed by atoms with Gasteiger partial charge >= 0.3 is 0 Å². The maximum atomic E-state index is 11.3. The van der Waals surface area contributed by atoms with Crippen molar-refractivity contribution in [1.82, 2.24) is 4.90 Å². The Bertz CT molecular complexity index is 401. The van der Waals surface area contributed by atoms with Gasteiger partial charge in [-0.2, -0.15) is 0 Å². The Kier molecular flexibility index (Phi) is 3.31. The van der Waals surface area contributed by atoms with Crippen LogP contribution in [0.4, 0.5) is 0 Å². The summed E-state index contributed by atoms with van der Waals surface area (Å²) in [6.07, 6.45) is 2.76. The summed E-state index contributed by atoms with van der Waals surface area (Å²) in [4.78, 5) is 2.18. The third-order valence-electron chi connectivity index (χ3n) is 3.64. The monoisotopic (exact) mass is 261 g/mol. The zero-order valence-electron chi connectivity index (χ0n) is 9.80. The first-order valence-electron chi connectivity index (χ1n) is 5.84. The topological polar surface area (TPSA) is 96.0 Å². The van der Waals surface area contributed by atoms with Crippen molar-refractivity contribution in [2.75, 3.05) is 31.1 Å². The minimum Gasteiger partial charge on any atom is -0.409 e. The number of nitrogens with zero attached hydrogens (tertiary/aromatic N) is 2. The SMILES string of the molecule is NC(CC1(CN2CCS(=O)(=O)CC2)CC1)=NO. The van der Waals surface area contributed by atoms with E-state index in [4.69, 9.17) is 10.9 Å². The lowest BCUT2D eigenvalue weighted by Crippen LogP contribution is -2.43. The molecular weight excluding hydrogens is 242 g/mol. The Balaban J connectivity index is 1.86. The molecule has 1 saturated carbocycles. The molecule has 2 rings (SSSR count). The van der Waals surface area contributed by atoms with Crippen LogP contribution < -0.4 is 5.73 Å². The summed E-state index contributed by atoms with van der Waals surface area (Å²) in [7, 11) is -2.81. The van der Waals surface area contributed by atoms with E-state index < -0.39 is 9.84 Å². The molecule has 2 aliphatic rings. The van der Waals surface area contributed by atoms with Crippen molar-refractivity contribution in [3.05, 3.63) is 0 Å². The van der Waals surface area contributed by atoms with Crippen LogP contribution in [-0.4, -0.2) is 55.5 Å². The summed E-state index contributed by atoms with van der Waals surface area (Å²) in [5.74, 6) is 0.784. The Labute approximate surface area is 101 Å². The Hall–Kier alpha value is -0.820. The van der Waals surface area contributed by atoms with Gasteiger partial charge < -0.3 is 15.8 Å². The largest absolute Gasteiger partial charge is 0.409 e. The van der Waals surface area contributed by atoms with Crippen LogP contribution >= 0.6 is 0 Å². The molecule has 7 heteroatoms. The highest BCUT2D eigenvalue weighted by Crippen LogP contribution is 2.49. The zero-order chi connectivity index (χ0) is 12.5. The highest BCUT2D eigenvalue weighted by Gasteiger charge is 2.45. The molecule has 0 aromatic heterocycles. The van der Waals surface area contributed by atoms with Gasteiger partial charge in [0.2, 0.25) is 0 Å². The van der Waals surface area contributed by atoms with Gasteiger partial charge in [0.15, 0.2) is 9.84 Å². The third kappa shape index (κ3) is 3.32. The molecule has 98 valence electrons. The molecule has 0 unspecified atom stereocenters. The second-order valence-corrected chi connectivity index (χ2v) is 7.50. The molecule has 1 aliphatic carbocycles. The van der Waals surface area contributed by atoms with E-state index >= 15 is 0 Å². The maximum absolute atomic E-state index is 11.3. The predicted molar refractivity (Wildman–Crippen MR) is 64.8 cm³/mol. The fourth-order valence-corrected chi connectivity index (χ4v) is 3.65. The van der Waals surface area contributed by atoms with Gasteiger partial charge in [-0.1, -0.05) is 5.16 Å². The predicted octanol–water partition coefficient (Wildman–Crippen LogP) is -0.366. The normalized spacial score (nSPS) is 27.9. The number of nitrogens with two attached hydrogens (primary N) is 1. The number of amidine groups is 1. The zero-order valence-corrected chi connectivity index (χ0v) is 10.6. The smallest absolute Gasteiger partial charge is 0.152 e. The van der Waals surface area contributed by atoms with Gasteiger partial charge in [0.05, 0.1) is 11.5 Å². The Morgan fingerprint density at radius 1 is 1.35 bits per heavy atom. The van der Waals surface area contributed by atoms with Gasteiger partial charge in [-0.25, -0.2) is 8.42 Å². The van der Waals surface area contributed by atoms with Gasteiger partial charge in [-0.3, -0.25) is 0 Å². The van der Waals surface area contributed by atoms with Crippen LogP contribution in [0, 0.1) is 5.41 Å². The lowest BCUT2D eigenvalue weighted by atomic mass is 10.0. The highest BCUT2D eigenvalue weighted by atomic mass is 32.2. The van der Waals surface area contributed by atoms with Crippen molar-refractivity contribution >= 4 is 15.7 Å². The summed E-state index contributed by atoms with van der Waals surface area (Å²) in [6, 6.07) is 0. The van der Waals surface area contributed by atoms with Crippen molar-refractivity contribution < 1.29 is 13.6 Å². The van der Waals surface area contributed by atoms with E-state index in [1.54, 1.807) is 0 Å². The molecule has 1 heterocycles. The van der Waals surface area contributed by atoms with Crippen LogP contribution in [0.25, 0.3) is 0 Å². The summed E-state index contributed by atoms with van der Waals surface area (Å²) < 4.78 is 22.6. The van der Waals surface area contributed by atoms with Crippen molar-refractivity contribution in [2.24, 2.45) is 16.3 Å². The average molecular weight is 261 g/mol. The van der Waals surface area contributed by atoms with Crippen LogP contribution in [-0.2, 0) is 9.84 Å². The van der Waals surface area contributed by atoms with E-state index in [-0.39, 0.29) is 22.8 Å². The summed E-state index contributed by atoms with van der Waals surface area (Å²) >= 11 is 0. The molecule has 0 spiro atoms. The van der Waals surface area contributed by atoms with E-state index in [9.17, 15) is 8.42 Å². The van der Waals surface area contributed by atoms with E-state index in [1.165, 1.54) is 0 Å². The van der Waals surface area contributed by atoms with E-state index in [0.29, 0.717) is 19.5 Å². The first kappa shape index (κ1) is 12.6. The molecule has 3 N–H and O–H groups in total. The fraction of sp³-hybridized carbons (Fsp3) is 0.900. The van der Waals surface area contributed by atoms with Crippen molar-refractivity contribution in [3.8, 4) is 0 Å². The molecule has 0 bridgehead atoms. The van der Waals surface area contributed by atoms with Gasteiger partial charge in [0.25, 0.3) is 0 Å². The maximum Gasteiger partial charge on any atom is 0.152 e. The van der Waals surface area contributed by atoms with Gasteiger partial charge in [0.1, 0.15) is 5.84 Å². The van der Waals surface area contributed by atoms with E-state index in [2.05, 4.69) is 10.1 Å². The second-order valence-electron chi connectivity index (χ2n) is 5.20. The van der Waals surface area contributed by atoms with Crippen molar-refractivity contribution in [2.45, 2.75) is 19.3 Å². The summed E-state index contributed by atoms with van der Waals surface area (Å²) in [6.45, 7) is 2.08. The molecule has 0 aromatic rings. The van der Waals surface area contributed by atoms with Crippen molar-refractivity contribution in [1.29, 1.82) is 0 Å². The molecule has 0 aromatic carbocycles. The fourth-order valence-electron chi connectivity index (χ4n) is 2.37. The van der Waals surface area contributed by atoms with E-state index in [0.717, 1.165) is 19.4 Å². The molecule has 6 nitrogen and oxygen atoms in total. The quantitative estimate of drug-likeness (QED) is 0.312. The molecule has 1 aliphatic heterocycles. The molecule has 1 saturated heterocycles. The summed E-state index contributed by atoms with van der Waals surface area (Å²) in [5.41, 5.74) is 5.66. The minimum absolute atomic E-state index is 0.122. The van der Waals surface area contributed by atoms with Crippen LogP contribution in [0.3, 0.4) is 0 Å². The number of sulfone groups is 1. The van der Waals surface area contributed by atoms with E-state index in [1.807, 2.05) is 0 Å². The average Bonchev–Trinajstić information content (AvgIpc) is 3.01. The lowest BCUT2D eigenvalue weighted by Gasteiger charge is -2.30. The number of hydrogen-bond acceptors (Lipinski definition) is 5. The molecule has 0 radical (unpaired) electrons. The van der Waals surface area contributed by atoms with Crippen molar-refractivity contribution in [3.63, 3.8) is 0 Å². The number of oxime groups is 1. The van der Waals surface area contributed by atoms with Gasteiger partial charge in [0, 0.05) is 26.1 Å². The van der Waals surface area contributed by atoms with Crippen LogP contribution in [0.2, 0.25) is 0 Å².